The highest BCUT2D eigenvalue weighted by atomic mass is 19.4. The normalized spacial score (nSPS) is 11.8. The highest BCUT2D eigenvalue weighted by Gasteiger charge is 2.32. The topological polar surface area (TPSA) is 43.6 Å². The molecule has 0 atom stereocenters. The summed E-state index contributed by atoms with van der Waals surface area (Å²) >= 11 is 0. The van der Waals surface area contributed by atoms with Gasteiger partial charge in [0.25, 0.3) is 0 Å². The van der Waals surface area contributed by atoms with Crippen molar-refractivity contribution in [1.29, 1.82) is 0 Å². The van der Waals surface area contributed by atoms with Crippen molar-refractivity contribution < 1.29 is 22.7 Å². The Morgan fingerprint density at radius 1 is 1.39 bits per heavy atom. The van der Waals surface area contributed by atoms with Gasteiger partial charge in [0.2, 0.25) is 0 Å². The molecule has 7 heteroatoms. The summed E-state index contributed by atoms with van der Waals surface area (Å²) in [6.45, 7) is 0. The number of halogens is 3. The average molecular weight is 258 g/mol. The standard InChI is InChI=1S/C11H9F3N2O2/c1-18-10(17)6-7-2-3-9-15-8(11(12,13)14)4-5-16(7)9/h2-5H,6H2,1H3. The van der Waals surface area contributed by atoms with Crippen LogP contribution in [-0.4, -0.2) is 22.5 Å². The summed E-state index contributed by atoms with van der Waals surface area (Å²) in [6, 6.07) is 3.83. The fourth-order valence-corrected chi connectivity index (χ4v) is 1.57. The van der Waals surface area contributed by atoms with E-state index < -0.39 is 17.8 Å². The molecule has 0 aliphatic heterocycles. The molecule has 2 rings (SSSR count). The van der Waals surface area contributed by atoms with Crippen LogP contribution in [0.5, 0.6) is 0 Å². The largest absolute Gasteiger partial charge is 0.469 e. The first-order valence-corrected chi connectivity index (χ1v) is 5.03. The molecule has 0 N–H and O–H groups in total. The van der Waals surface area contributed by atoms with E-state index in [2.05, 4.69) is 9.72 Å². The molecule has 0 amide bonds. The Hall–Kier alpha value is -2.05. The molecule has 0 radical (unpaired) electrons. The number of rotatable bonds is 2. The lowest BCUT2D eigenvalue weighted by molar-refractivity contribution is -0.141. The minimum absolute atomic E-state index is 0.0162. The molecule has 2 aromatic heterocycles. The molecule has 18 heavy (non-hydrogen) atoms. The lowest BCUT2D eigenvalue weighted by Gasteiger charge is -2.07. The molecular formula is C11H9F3N2O2. The van der Waals surface area contributed by atoms with Crippen molar-refractivity contribution in [3.05, 3.63) is 35.8 Å². The van der Waals surface area contributed by atoms with Crippen LogP contribution in [-0.2, 0) is 22.1 Å². The third kappa shape index (κ3) is 2.29. The van der Waals surface area contributed by atoms with E-state index in [1.807, 2.05) is 0 Å². The van der Waals surface area contributed by atoms with Gasteiger partial charge in [0, 0.05) is 11.9 Å². The number of alkyl halides is 3. The van der Waals surface area contributed by atoms with Gasteiger partial charge in [0.1, 0.15) is 11.3 Å². The quantitative estimate of drug-likeness (QED) is 0.774. The number of methoxy groups -OCH3 is 1. The number of esters is 1. The van der Waals surface area contributed by atoms with Crippen LogP contribution in [0.25, 0.3) is 5.65 Å². The second-order valence-corrected chi connectivity index (χ2v) is 3.62. The van der Waals surface area contributed by atoms with E-state index in [4.69, 9.17) is 0 Å². The Kier molecular flexibility index (Phi) is 2.98. The number of hydrogen-bond donors (Lipinski definition) is 0. The molecule has 0 saturated carbocycles. The van der Waals surface area contributed by atoms with E-state index in [1.165, 1.54) is 23.8 Å². The van der Waals surface area contributed by atoms with E-state index >= 15 is 0 Å². The van der Waals surface area contributed by atoms with Gasteiger partial charge >= 0.3 is 12.1 Å². The van der Waals surface area contributed by atoms with Crippen molar-refractivity contribution in [3.8, 4) is 0 Å². The van der Waals surface area contributed by atoms with Gasteiger partial charge in [-0.15, -0.1) is 0 Å². The molecule has 2 heterocycles. The fraction of sp³-hybridized carbons (Fsp3) is 0.273. The number of fused-ring (bicyclic) bond motifs is 1. The van der Waals surface area contributed by atoms with Gasteiger partial charge in [0.05, 0.1) is 13.5 Å². The van der Waals surface area contributed by atoms with E-state index in [1.54, 1.807) is 6.07 Å². The SMILES string of the molecule is COC(=O)Cc1ccc2nc(C(F)(F)F)ccn12. The Balaban J connectivity index is 2.41. The summed E-state index contributed by atoms with van der Waals surface area (Å²) in [5, 5.41) is 0. The Bertz CT molecular complexity index is 589. The highest BCUT2D eigenvalue weighted by Crippen LogP contribution is 2.27. The minimum atomic E-state index is -4.48. The lowest BCUT2D eigenvalue weighted by atomic mass is 10.3. The second-order valence-electron chi connectivity index (χ2n) is 3.62. The molecule has 0 aliphatic carbocycles. The van der Waals surface area contributed by atoms with Crippen LogP contribution in [0.2, 0.25) is 0 Å². The van der Waals surface area contributed by atoms with Gasteiger partial charge in [-0.25, -0.2) is 4.98 Å². The third-order valence-corrected chi connectivity index (χ3v) is 2.44. The highest BCUT2D eigenvalue weighted by molar-refractivity contribution is 5.72. The van der Waals surface area contributed by atoms with Gasteiger partial charge in [-0.1, -0.05) is 0 Å². The van der Waals surface area contributed by atoms with Crippen molar-refractivity contribution in [3.63, 3.8) is 0 Å². The molecule has 0 saturated heterocycles. The number of carbonyl (C=O) groups excluding carboxylic acids is 1. The van der Waals surface area contributed by atoms with Gasteiger partial charge in [0.15, 0.2) is 0 Å². The van der Waals surface area contributed by atoms with Crippen LogP contribution >= 0.6 is 0 Å². The summed E-state index contributed by atoms with van der Waals surface area (Å²) in [5.74, 6) is -0.463. The van der Waals surface area contributed by atoms with Crippen LogP contribution in [0.15, 0.2) is 24.4 Å². The molecule has 96 valence electrons. The first kappa shape index (κ1) is 12.4. The molecule has 0 unspecified atom stereocenters. The number of ether oxygens (including phenoxy) is 1. The maximum atomic E-state index is 12.4. The summed E-state index contributed by atoms with van der Waals surface area (Å²) in [6.07, 6.45) is -3.25. The maximum absolute atomic E-state index is 12.4. The number of carbonyl (C=O) groups is 1. The first-order chi connectivity index (χ1) is 8.41. The van der Waals surface area contributed by atoms with Crippen LogP contribution in [0.3, 0.4) is 0 Å². The molecule has 0 fully saturated rings. The molecule has 2 aromatic rings. The monoisotopic (exact) mass is 258 g/mol. The van der Waals surface area contributed by atoms with Crippen molar-refractivity contribution in [2.75, 3.05) is 7.11 Å². The van der Waals surface area contributed by atoms with Gasteiger partial charge in [-0.2, -0.15) is 13.2 Å². The maximum Gasteiger partial charge on any atom is 0.433 e. The molecule has 0 bridgehead atoms. The number of hydrogen-bond acceptors (Lipinski definition) is 3. The summed E-state index contributed by atoms with van der Waals surface area (Å²) in [5.41, 5.74) is -0.292. The second kappa shape index (κ2) is 4.32. The van der Waals surface area contributed by atoms with E-state index in [-0.39, 0.29) is 12.1 Å². The van der Waals surface area contributed by atoms with Crippen LogP contribution in [0.4, 0.5) is 13.2 Å². The summed E-state index contributed by atoms with van der Waals surface area (Å²) in [4.78, 5) is 14.6. The zero-order valence-corrected chi connectivity index (χ0v) is 9.36. The summed E-state index contributed by atoms with van der Waals surface area (Å²) in [7, 11) is 1.25. The fourth-order valence-electron chi connectivity index (χ4n) is 1.57. The van der Waals surface area contributed by atoms with E-state index in [0.717, 1.165) is 6.07 Å². The number of aromatic nitrogens is 2. The van der Waals surface area contributed by atoms with Crippen molar-refractivity contribution in [2.24, 2.45) is 0 Å². The van der Waals surface area contributed by atoms with Gasteiger partial charge < -0.3 is 9.14 Å². The van der Waals surface area contributed by atoms with Gasteiger partial charge in [-0.3, -0.25) is 4.79 Å². The van der Waals surface area contributed by atoms with Crippen LogP contribution in [0.1, 0.15) is 11.4 Å². The van der Waals surface area contributed by atoms with Crippen molar-refractivity contribution in [1.82, 2.24) is 9.38 Å². The smallest absolute Gasteiger partial charge is 0.433 e. The molecule has 0 spiro atoms. The van der Waals surface area contributed by atoms with Crippen molar-refractivity contribution >= 4 is 11.6 Å². The Morgan fingerprint density at radius 2 is 2.11 bits per heavy atom. The van der Waals surface area contributed by atoms with E-state index in [9.17, 15) is 18.0 Å². The predicted molar refractivity (Wildman–Crippen MR) is 55.9 cm³/mol. The third-order valence-electron chi connectivity index (χ3n) is 2.44. The van der Waals surface area contributed by atoms with Crippen LogP contribution < -0.4 is 0 Å². The Morgan fingerprint density at radius 3 is 2.72 bits per heavy atom. The first-order valence-electron chi connectivity index (χ1n) is 5.03. The molecular weight excluding hydrogens is 249 g/mol. The lowest BCUT2D eigenvalue weighted by Crippen LogP contribution is -2.10. The van der Waals surface area contributed by atoms with Crippen molar-refractivity contribution in [2.45, 2.75) is 12.6 Å². The zero-order chi connectivity index (χ0) is 13.3. The number of nitrogens with zero attached hydrogens (tertiary/aromatic N) is 2. The molecule has 4 nitrogen and oxygen atoms in total. The van der Waals surface area contributed by atoms with Crippen LogP contribution in [0, 0.1) is 0 Å². The average Bonchev–Trinajstić information content (AvgIpc) is 2.70. The molecule has 0 aliphatic rings. The Labute approximate surface area is 100 Å². The zero-order valence-electron chi connectivity index (χ0n) is 9.36. The molecule has 0 aromatic carbocycles. The summed E-state index contributed by atoms with van der Waals surface area (Å²) < 4.78 is 43.2. The van der Waals surface area contributed by atoms with E-state index in [0.29, 0.717) is 5.69 Å². The minimum Gasteiger partial charge on any atom is -0.469 e. The van der Waals surface area contributed by atoms with Gasteiger partial charge in [-0.05, 0) is 18.2 Å². The predicted octanol–water partition coefficient (Wildman–Crippen LogP) is 2.07.